The predicted octanol–water partition coefficient (Wildman–Crippen LogP) is 2.46. The summed E-state index contributed by atoms with van der Waals surface area (Å²) in [4.78, 5) is 16.5. The topological polar surface area (TPSA) is 76.4 Å². The van der Waals surface area contributed by atoms with Gasteiger partial charge in [0.15, 0.2) is 5.16 Å². The van der Waals surface area contributed by atoms with Gasteiger partial charge in [-0.25, -0.2) is 4.98 Å². The Morgan fingerprint density at radius 2 is 2.23 bits per heavy atom. The Morgan fingerprint density at radius 3 is 2.92 bits per heavy atom. The third-order valence-corrected chi connectivity index (χ3v) is 5.34. The average molecular weight is 396 g/mol. The van der Waals surface area contributed by atoms with Crippen molar-refractivity contribution in [3.63, 3.8) is 0 Å². The van der Waals surface area contributed by atoms with Crippen molar-refractivity contribution in [2.45, 2.75) is 37.3 Å². The van der Waals surface area contributed by atoms with Crippen LogP contribution in [0.3, 0.4) is 0 Å². The number of hydrogen-bond donors (Lipinski definition) is 2. The summed E-state index contributed by atoms with van der Waals surface area (Å²) in [5, 5.41) is 13.7. The number of benzene rings is 1. The van der Waals surface area contributed by atoms with Crippen LogP contribution in [0, 0.1) is 0 Å². The Balaban J connectivity index is 1.56. The first-order chi connectivity index (χ1) is 12.6. The number of ether oxygens (including phenoxy) is 1. The van der Waals surface area contributed by atoms with E-state index in [0.717, 1.165) is 25.0 Å². The number of rotatable bonds is 8. The largest absolute Gasteiger partial charge is 0.390 e. The van der Waals surface area contributed by atoms with Crippen LogP contribution in [0.15, 0.2) is 35.6 Å². The van der Waals surface area contributed by atoms with Gasteiger partial charge in [0.1, 0.15) is 0 Å². The van der Waals surface area contributed by atoms with Crippen molar-refractivity contribution in [3.05, 3.63) is 46.7 Å². The fourth-order valence-electron chi connectivity index (χ4n) is 2.76. The van der Waals surface area contributed by atoms with Crippen molar-refractivity contribution >= 4 is 29.3 Å². The molecule has 1 fully saturated rings. The van der Waals surface area contributed by atoms with Gasteiger partial charge >= 0.3 is 0 Å². The monoisotopic (exact) mass is 395 g/mol. The van der Waals surface area contributed by atoms with E-state index in [1.54, 1.807) is 6.20 Å². The maximum Gasteiger partial charge on any atom is 0.230 e. The molecule has 0 bridgehead atoms. The lowest BCUT2D eigenvalue weighted by molar-refractivity contribution is -0.119. The van der Waals surface area contributed by atoms with Gasteiger partial charge in [0, 0.05) is 30.9 Å². The second-order valence-electron chi connectivity index (χ2n) is 6.16. The number of halogens is 1. The summed E-state index contributed by atoms with van der Waals surface area (Å²) in [7, 11) is 0. The molecular weight excluding hydrogens is 374 g/mol. The van der Waals surface area contributed by atoms with Crippen molar-refractivity contribution in [2.24, 2.45) is 0 Å². The first-order valence-electron chi connectivity index (χ1n) is 8.56. The molecule has 1 aliphatic rings. The van der Waals surface area contributed by atoms with E-state index in [4.69, 9.17) is 16.3 Å². The normalized spacial score (nSPS) is 16.8. The van der Waals surface area contributed by atoms with Gasteiger partial charge in [0.05, 0.1) is 24.2 Å². The Labute approximate surface area is 161 Å². The molecule has 0 spiro atoms. The van der Waals surface area contributed by atoms with Gasteiger partial charge in [-0.05, 0) is 30.5 Å². The van der Waals surface area contributed by atoms with Crippen LogP contribution in [0.4, 0.5) is 0 Å². The summed E-state index contributed by atoms with van der Waals surface area (Å²) in [5.41, 5.74) is 1.65. The second-order valence-corrected chi connectivity index (χ2v) is 7.53. The lowest BCUT2D eigenvalue weighted by atomic mass is 10.2. The Morgan fingerprint density at radius 1 is 1.42 bits per heavy atom. The van der Waals surface area contributed by atoms with Crippen molar-refractivity contribution in [1.82, 2.24) is 14.9 Å². The number of aliphatic hydroxyl groups is 1. The summed E-state index contributed by atoms with van der Waals surface area (Å²) in [6, 6.07) is 7.58. The first-order valence-corrected chi connectivity index (χ1v) is 9.93. The number of amides is 1. The fraction of sp³-hybridized carbons (Fsp3) is 0.444. The molecule has 140 valence electrons. The van der Waals surface area contributed by atoms with Gasteiger partial charge in [-0.15, -0.1) is 0 Å². The zero-order chi connectivity index (χ0) is 18.4. The maximum absolute atomic E-state index is 12.1. The van der Waals surface area contributed by atoms with Crippen LogP contribution in [0.1, 0.15) is 24.1 Å². The zero-order valence-corrected chi connectivity index (χ0v) is 15.9. The molecule has 1 atom stereocenters. The van der Waals surface area contributed by atoms with Gasteiger partial charge in [-0.2, -0.15) is 0 Å². The van der Waals surface area contributed by atoms with Gasteiger partial charge in [0.2, 0.25) is 5.91 Å². The van der Waals surface area contributed by atoms with Crippen molar-refractivity contribution in [3.8, 4) is 0 Å². The third kappa shape index (κ3) is 5.48. The summed E-state index contributed by atoms with van der Waals surface area (Å²) in [6.07, 6.45) is 4.00. The molecular formula is C18H22ClN3O3S. The Kier molecular flexibility index (Phi) is 6.96. The molecule has 1 aliphatic heterocycles. The quantitative estimate of drug-likeness (QED) is 0.671. The van der Waals surface area contributed by atoms with Gasteiger partial charge in [-0.1, -0.05) is 35.5 Å². The van der Waals surface area contributed by atoms with E-state index in [-0.39, 0.29) is 24.4 Å². The predicted molar refractivity (Wildman–Crippen MR) is 101 cm³/mol. The molecule has 1 saturated heterocycles. The van der Waals surface area contributed by atoms with Gasteiger partial charge in [0.25, 0.3) is 0 Å². The number of thioether (sulfide) groups is 1. The summed E-state index contributed by atoms with van der Waals surface area (Å²) >= 11 is 7.28. The molecule has 6 nitrogen and oxygen atoms in total. The zero-order valence-electron chi connectivity index (χ0n) is 14.4. The molecule has 2 N–H and O–H groups in total. The minimum atomic E-state index is -0.133. The van der Waals surface area contributed by atoms with Crippen LogP contribution >= 0.6 is 23.4 Å². The van der Waals surface area contributed by atoms with E-state index in [2.05, 4.69) is 10.3 Å². The Hall–Kier alpha value is -1.54. The molecule has 0 saturated carbocycles. The number of carbonyl (C=O) groups is 1. The van der Waals surface area contributed by atoms with Crippen LogP contribution in [-0.2, 0) is 22.7 Å². The third-order valence-electron chi connectivity index (χ3n) is 4.10. The maximum atomic E-state index is 12.1. The minimum absolute atomic E-state index is 0.0444. The summed E-state index contributed by atoms with van der Waals surface area (Å²) in [6.45, 7) is 1.80. The molecule has 2 heterocycles. The van der Waals surface area contributed by atoms with Crippen LogP contribution in [-0.4, -0.2) is 45.6 Å². The summed E-state index contributed by atoms with van der Waals surface area (Å²) < 4.78 is 7.44. The van der Waals surface area contributed by atoms with E-state index >= 15 is 0 Å². The fourth-order valence-corrected chi connectivity index (χ4v) is 3.71. The number of nitrogens with zero attached hydrogens (tertiary/aromatic N) is 2. The highest BCUT2D eigenvalue weighted by molar-refractivity contribution is 7.99. The molecule has 1 unspecified atom stereocenters. The van der Waals surface area contributed by atoms with Crippen LogP contribution in [0.5, 0.6) is 0 Å². The van der Waals surface area contributed by atoms with Crippen LogP contribution in [0.2, 0.25) is 5.02 Å². The van der Waals surface area contributed by atoms with E-state index in [1.165, 1.54) is 11.8 Å². The smallest absolute Gasteiger partial charge is 0.230 e. The van der Waals surface area contributed by atoms with Crippen LogP contribution < -0.4 is 5.32 Å². The highest BCUT2D eigenvalue weighted by Crippen LogP contribution is 2.20. The molecule has 1 aromatic heterocycles. The van der Waals surface area contributed by atoms with Crippen molar-refractivity contribution in [1.29, 1.82) is 0 Å². The van der Waals surface area contributed by atoms with Gasteiger partial charge < -0.3 is 19.7 Å². The van der Waals surface area contributed by atoms with E-state index in [1.807, 2.05) is 28.8 Å². The lowest BCUT2D eigenvalue weighted by Gasteiger charge is -2.11. The number of aliphatic hydroxyl groups excluding tert-OH is 1. The molecule has 0 radical (unpaired) electrons. The minimum Gasteiger partial charge on any atom is -0.390 e. The highest BCUT2D eigenvalue weighted by Gasteiger charge is 2.17. The van der Waals surface area contributed by atoms with Gasteiger partial charge in [-0.3, -0.25) is 4.79 Å². The number of imidazole rings is 1. The molecule has 0 aliphatic carbocycles. The number of aromatic nitrogens is 2. The second kappa shape index (κ2) is 9.41. The number of hydrogen-bond acceptors (Lipinski definition) is 5. The molecule has 3 rings (SSSR count). The molecule has 1 aromatic carbocycles. The Bertz CT molecular complexity index is 730. The molecule has 1 amide bonds. The SMILES string of the molecule is O=C(CSc1nc(CO)cn1Cc1ccc(Cl)cc1)NCC1CCCO1. The average Bonchev–Trinajstić information content (AvgIpc) is 3.30. The van der Waals surface area contributed by atoms with Crippen LogP contribution in [0.25, 0.3) is 0 Å². The summed E-state index contributed by atoms with van der Waals surface area (Å²) in [5.74, 6) is 0.229. The highest BCUT2D eigenvalue weighted by atomic mass is 35.5. The standard InChI is InChI=1S/C18H22ClN3O3S/c19-14-5-3-13(4-6-14)9-22-10-15(11-23)21-18(22)26-12-17(24)20-8-16-2-1-7-25-16/h3-6,10,16,23H,1-2,7-9,11-12H2,(H,20,24). The van der Waals surface area contributed by atoms with E-state index in [9.17, 15) is 9.90 Å². The van der Waals surface area contributed by atoms with Crippen molar-refractivity contribution < 1.29 is 14.6 Å². The molecule has 2 aromatic rings. The molecule has 26 heavy (non-hydrogen) atoms. The van der Waals surface area contributed by atoms with E-state index < -0.39 is 0 Å². The number of carbonyl (C=O) groups excluding carboxylic acids is 1. The number of nitrogens with one attached hydrogen (secondary N) is 1. The lowest BCUT2D eigenvalue weighted by Crippen LogP contribution is -2.32. The van der Waals surface area contributed by atoms with Crippen molar-refractivity contribution in [2.75, 3.05) is 18.9 Å². The first kappa shape index (κ1) is 19.2. The molecule has 8 heteroatoms. The van der Waals surface area contributed by atoms with E-state index in [0.29, 0.717) is 29.0 Å².